The highest BCUT2D eigenvalue weighted by molar-refractivity contribution is 6.97. The summed E-state index contributed by atoms with van der Waals surface area (Å²) >= 11 is 0. The summed E-state index contributed by atoms with van der Waals surface area (Å²) < 4.78 is 14.1. The van der Waals surface area contributed by atoms with E-state index in [4.69, 9.17) is 9.47 Å². The fourth-order valence-electron chi connectivity index (χ4n) is 4.16. The SMILES string of the molecule is c1ccc(Oc2ccc3c(c2)B(c2cccc(-n4cccn4)c2)c2ccccc2O3)nc1. The Bertz CT molecular complexity index is 1390. The van der Waals surface area contributed by atoms with Crippen LogP contribution in [0.1, 0.15) is 0 Å². The lowest BCUT2D eigenvalue weighted by atomic mass is 9.36. The van der Waals surface area contributed by atoms with E-state index in [0.717, 1.165) is 39.3 Å². The zero-order chi connectivity index (χ0) is 21.3. The van der Waals surface area contributed by atoms with E-state index in [0.29, 0.717) is 5.88 Å². The lowest BCUT2D eigenvalue weighted by Gasteiger charge is -2.27. The molecule has 0 radical (unpaired) electrons. The van der Waals surface area contributed by atoms with Crippen molar-refractivity contribution in [1.29, 1.82) is 0 Å². The van der Waals surface area contributed by atoms with Crippen molar-refractivity contribution in [2.75, 3.05) is 0 Å². The van der Waals surface area contributed by atoms with E-state index >= 15 is 0 Å². The molecule has 0 spiro atoms. The maximum Gasteiger partial charge on any atom is 0.251 e. The highest BCUT2D eigenvalue weighted by atomic mass is 16.5. The molecule has 3 heterocycles. The summed E-state index contributed by atoms with van der Waals surface area (Å²) in [7, 11) is 0. The zero-order valence-electron chi connectivity index (χ0n) is 17.1. The minimum atomic E-state index is -0.00209. The summed E-state index contributed by atoms with van der Waals surface area (Å²) in [6.45, 7) is -0.00209. The van der Waals surface area contributed by atoms with Crippen molar-refractivity contribution in [3.63, 3.8) is 0 Å². The van der Waals surface area contributed by atoms with Crippen molar-refractivity contribution in [2.24, 2.45) is 0 Å². The molecule has 1 aliphatic rings. The number of pyridine rings is 1. The molecule has 0 saturated heterocycles. The van der Waals surface area contributed by atoms with Crippen molar-refractivity contribution >= 4 is 23.1 Å². The molecule has 0 bridgehead atoms. The fraction of sp³-hybridized carbons (Fsp3) is 0. The number of ether oxygens (including phenoxy) is 2. The number of hydrogen-bond acceptors (Lipinski definition) is 4. The Kier molecular flexibility index (Phi) is 4.46. The second-order valence-corrected chi connectivity index (χ2v) is 7.59. The molecule has 0 unspecified atom stereocenters. The zero-order valence-corrected chi connectivity index (χ0v) is 17.1. The van der Waals surface area contributed by atoms with Crippen LogP contribution in [0.3, 0.4) is 0 Å². The average molecular weight is 415 g/mol. The van der Waals surface area contributed by atoms with Crippen LogP contribution in [0.5, 0.6) is 23.1 Å². The number of hydrogen-bond donors (Lipinski definition) is 0. The largest absolute Gasteiger partial charge is 0.458 e. The molecular weight excluding hydrogens is 397 g/mol. The van der Waals surface area contributed by atoms with Crippen molar-refractivity contribution in [3.8, 4) is 28.8 Å². The van der Waals surface area contributed by atoms with Gasteiger partial charge in [0.25, 0.3) is 6.71 Å². The molecule has 6 rings (SSSR count). The van der Waals surface area contributed by atoms with Gasteiger partial charge in [-0.2, -0.15) is 5.10 Å². The Balaban J connectivity index is 1.48. The number of para-hydroxylation sites is 1. The van der Waals surface area contributed by atoms with E-state index in [2.05, 4.69) is 40.4 Å². The van der Waals surface area contributed by atoms with Crippen LogP contribution in [0, 0.1) is 0 Å². The van der Waals surface area contributed by atoms with Gasteiger partial charge in [0, 0.05) is 24.7 Å². The molecule has 1 aliphatic heterocycles. The second kappa shape index (κ2) is 7.74. The molecule has 3 aromatic carbocycles. The lowest BCUT2D eigenvalue weighted by Crippen LogP contribution is -2.54. The van der Waals surface area contributed by atoms with Gasteiger partial charge in [-0.1, -0.05) is 41.9 Å². The van der Waals surface area contributed by atoms with Crippen molar-refractivity contribution in [3.05, 3.63) is 110 Å². The van der Waals surface area contributed by atoms with E-state index in [-0.39, 0.29) is 6.71 Å². The fourth-order valence-corrected chi connectivity index (χ4v) is 4.16. The molecule has 0 N–H and O–H groups in total. The minimum Gasteiger partial charge on any atom is -0.458 e. The Hall–Kier alpha value is -4.32. The monoisotopic (exact) mass is 415 g/mol. The number of rotatable bonds is 4. The Morgan fingerprint density at radius 2 is 1.66 bits per heavy atom. The predicted octanol–water partition coefficient (Wildman–Crippen LogP) is 3.68. The van der Waals surface area contributed by atoms with Crippen molar-refractivity contribution < 1.29 is 9.47 Å². The first kappa shape index (κ1) is 18.5. The molecule has 5 aromatic rings. The molecule has 5 nitrogen and oxygen atoms in total. The molecule has 2 aromatic heterocycles. The summed E-state index contributed by atoms with van der Waals surface area (Å²) in [6, 6.07) is 30.1. The molecule has 0 aliphatic carbocycles. The third-order valence-corrected chi connectivity index (χ3v) is 5.57. The molecule has 0 fully saturated rings. The quantitative estimate of drug-likeness (QED) is 0.412. The second-order valence-electron chi connectivity index (χ2n) is 7.59. The maximum atomic E-state index is 6.25. The van der Waals surface area contributed by atoms with Crippen molar-refractivity contribution in [2.45, 2.75) is 0 Å². The van der Waals surface area contributed by atoms with E-state index in [1.165, 1.54) is 0 Å². The first-order valence-corrected chi connectivity index (χ1v) is 10.4. The van der Waals surface area contributed by atoms with Gasteiger partial charge >= 0.3 is 0 Å². The molecule has 6 heteroatoms. The molecule has 0 amide bonds. The average Bonchev–Trinajstić information content (AvgIpc) is 3.39. The third-order valence-electron chi connectivity index (χ3n) is 5.57. The molecular formula is C26H18BN3O2. The van der Waals surface area contributed by atoms with E-state index < -0.39 is 0 Å². The standard InChI is InChI=1S/C26H18BN3O2/c1-2-10-24-22(9-1)27(19-7-5-8-20(17-19)30-16-6-15-29-30)23-18-21(12-13-25(23)32-24)31-26-11-3-4-14-28-26/h1-18H. The highest BCUT2D eigenvalue weighted by Gasteiger charge is 2.32. The Morgan fingerprint density at radius 3 is 2.53 bits per heavy atom. The van der Waals surface area contributed by atoms with Gasteiger partial charge in [-0.15, -0.1) is 0 Å². The third kappa shape index (κ3) is 3.32. The summed E-state index contributed by atoms with van der Waals surface area (Å²) in [5.74, 6) is 2.97. The van der Waals surface area contributed by atoms with Crippen LogP contribution in [0.25, 0.3) is 5.69 Å². The minimum absolute atomic E-state index is 0.00209. The first-order chi connectivity index (χ1) is 15.8. The van der Waals surface area contributed by atoms with E-state index in [9.17, 15) is 0 Å². The van der Waals surface area contributed by atoms with Gasteiger partial charge in [0.1, 0.15) is 17.2 Å². The summed E-state index contributed by atoms with van der Waals surface area (Å²) in [6.07, 6.45) is 5.45. The number of fused-ring (bicyclic) bond motifs is 2. The summed E-state index contributed by atoms with van der Waals surface area (Å²) in [5.41, 5.74) is 4.34. The number of benzene rings is 3. The smallest absolute Gasteiger partial charge is 0.251 e. The van der Waals surface area contributed by atoms with Crippen LogP contribution in [0.2, 0.25) is 0 Å². The summed E-state index contributed by atoms with van der Waals surface area (Å²) in [5, 5.41) is 4.39. The highest BCUT2D eigenvalue weighted by Crippen LogP contribution is 2.28. The normalized spacial score (nSPS) is 11.9. The number of nitrogens with zero attached hydrogens (tertiary/aromatic N) is 3. The van der Waals surface area contributed by atoms with Crippen LogP contribution in [0.4, 0.5) is 0 Å². The van der Waals surface area contributed by atoms with E-state index in [1.54, 1.807) is 12.4 Å². The van der Waals surface area contributed by atoms with Gasteiger partial charge in [-0.05, 0) is 59.5 Å². The van der Waals surface area contributed by atoms with E-state index in [1.807, 2.05) is 71.5 Å². The van der Waals surface area contributed by atoms with Crippen LogP contribution < -0.4 is 25.9 Å². The molecule has 152 valence electrons. The molecule has 32 heavy (non-hydrogen) atoms. The van der Waals surface area contributed by atoms with Gasteiger partial charge in [-0.25, -0.2) is 9.67 Å². The van der Waals surface area contributed by atoms with Gasteiger partial charge in [-0.3, -0.25) is 0 Å². The molecule has 0 atom stereocenters. The van der Waals surface area contributed by atoms with Gasteiger partial charge in [0.15, 0.2) is 0 Å². The van der Waals surface area contributed by atoms with Crippen LogP contribution in [-0.4, -0.2) is 21.5 Å². The Morgan fingerprint density at radius 1 is 0.750 bits per heavy atom. The van der Waals surface area contributed by atoms with Crippen molar-refractivity contribution in [1.82, 2.24) is 14.8 Å². The molecule has 0 saturated carbocycles. The van der Waals surface area contributed by atoms with Crippen LogP contribution in [-0.2, 0) is 0 Å². The van der Waals surface area contributed by atoms with Gasteiger partial charge in [0.2, 0.25) is 5.88 Å². The first-order valence-electron chi connectivity index (χ1n) is 10.4. The van der Waals surface area contributed by atoms with Crippen LogP contribution in [0.15, 0.2) is 110 Å². The lowest BCUT2D eigenvalue weighted by molar-refractivity contribution is 0.458. The predicted molar refractivity (Wildman–Crippen MR) is 125 cm³/mol. The maximum absolute atomic E-state index is 6.25. The van der Waals surface area contributed by atoms with Gasteiger partial charge in [0.05, 0.1) is 5.69 Å². The van der Waals surface area contributed by atoms with Gasteiger partial charge < -0.3 is 9.47 Å². The Labute approximate surface area is 186 Å². The summed E-state index contributed by atoms with van der Waals surface area (Å²) in [4.78, 5) is 4.28. The van der Waals surface area contributed by atoms with Crippen LogP contribution >= 0.6 is 0 Å². The number of aromatic nitrogens is 3. The topological polar surface area (TPSA) is 49.2 Å².